The second-order valence-corrected chi connectivity index (χ2v) is 9.00. The number of rotatable bonds is 4. The molecule has 1 aromatic heterocycles. The summed E-state index contributed by atoms with van der Waals surface area (Å²) in [4.78, 5) is 8.92. The van der Waals surface area contributed by atoms with E-state index in [0.717, 1.165) is 25.6 Å². The molecule has 0 radical (unpaired) electrons. The standard InChI is InChI=1S/C14H23N3S2/c1-14(2)9-17(6-7-18-14)13-16-12(10-4-5-10)11(19-13)8-15-3/h10,15H,4-9H2,1-3H3. The van der Waals surface area contributed by atoms with E-state index < -0.39 is 0 Å². The molecule has 3 rings (SSSR count). The molecule has 1 aliphatic carbocycles. The van der Waals surface area contributed by atoms with Gasteiger partial charge >= 0.3 is 0 Å². The second-order valence-electron chi connectivity index (χ2n) is 6.14. The minimum atomic E-state index is 0.354. The van der Waals surface area contributed by atoms with Crippen molar-refractivity contribution < 1.29 is 0 Å². The average molecular weight is 297 g/mol. The molecular weight excluding hydrogens is 274 g/mol. The highest BCUT2D eigenvalue weighted by Gasteiger charge is 2.33. The van der Waals surface area contributed by atoms with Gasteiger partial charge in [0, 0.05) is 40.9 Å². The Morgan fingerprint density at radius 1 is 1.42 bits per heavy atom. The third kappa shape index (κ3) is 3.09. The van der Waals surface area contributed by atoms with Crippen molar-refractivity contribution in [1.29, 1.82) is 0 Å². The van der Waals surface area contributed by atoms with Gasteiger partial charge in [-0.1, -0.05) is 0 Å². The van der Waals surface area contributed by atoms with Gasteiger partial charge in [-0.3, -0.25) is 0 Å². The van der Waals surface area contributed by atoms with Crippen LogP contribution in [0.1, 0.15) is 43.2 Å². The summed E-state index contributed by atoms with van der Waals surface area (Å²) >= 11 is 3.98. The SMILES string of the molecule is CNCc1sc(N2CCSC(C)(C)C2)nc1C1CC1. The first-order valence-electron chi connectivity index (χ1n) is 7.12. The summed E-state index contributed by atoms with van der Waals surface area (Å²) in [6.07, 6.45) is 2.67. The molecule has 0 amide bonds. The quantitative estimate of drug-likeness (QED) is 0.924. The van der Waals surface area contributed by atoms with Crippen molar-refractivity contribution in [3.8, 4) is 0 Å². The van der Waals surface area contributed by atoms with E-state index in [0.29, 0.717) is 4.75 Å². The zero-order valence-electron chi connectivity index (χ0n) is 12.0. The molecule has 2 aliphatic rings. The van der Waals surface area contributed by atoms with Crippen LogP contribution in [0.15, 0.2) is 0 Å². The van der Waals surface area contributed by atoms with Gasteiger partial charge in [0.05, 0.1) is 5.69 Å². The fourth-order valence-electron chi connectivity index (χ4n) is 2.63. The summed E-state index contributed by atoms with van der Waals surface area (Å²) in [5.41, 5.74) is 1.38. The molecule has 19 heavy (non-hydrogen) atoms. The van der Waals surface area contributed by atoms with Crippen LogP contribution >= 0.6 is 23.1 Å². The Kier molecular flexibility index (Phi) is 3.80. The molecule has 0 bridgehead atoms. The van der Waals surface area contributed by atoms with Crippen molar-refractivity contribution >= 4 is 28.2 Å². The molecule has 2 heterocycles. The van der Waals surface area contributed by atoms with Crippen molar-refractivity contribution in [3.05, 3.63) is 10.6 Å². The first-order chi connectivity index (χ1) is 9.09. The summed E-state index contributed by atoms with van der Waals surface area (Å²) in [6.45, 7) is 7.91. The van der Waals surface area contributed by atoms with Gasteiger partial charge < -0.3 is 10.2 Å². The smallest absolute Gasteiger partial charge is 0.185 e. The zero-order chi connectivity index (χ0) is 13.5. The van der Waals surface area contributed by atoms with E-state index in [4.69, 9.17) is 4.98 Å². The third-order valence-corrected chi connectivity index (χ3v) is 6.14. The number of thiazole rings is 1. The van der Waals surface area contributed by atoms with Crippen molar-refractivity contribution in [1.82, 2.24) is 10.3 Å². The lowest BCUT2D eigenvalue weighted by Crippen LogP contribution is -2.43. The van der Waals surface area contributed by atoms with Crippen molar-refractivity contribution in [2.75, 3.05) is 30.8 Å². The van der Waals surface area contributed by atoms with E-state index in [-0.39, 0.29) is 0 Å². The van der Waals surface area contributed by atoms with Gasteiger partial charge in [-0.25, -0.2) is 4.98 Å². The molecule has 106 valence electrons. The third-order valence-electron chi connectivity index (χ3n) is 3.71. The number of anilines is 1. The summed E-state index contributed by atoms with van der Waals surface area (Å²) < 4.78 is 0.354. The molecule has 0 aromatic carbocycles. The average Bonchev–Trinajstić information content (AvgIpc) is 3.10. The highest BCUT2D eigenvalue weighted by Crippen LogP contribution is 2.45. The predicted molar refractivity (Wildman–Crippen MR) is 85.6 cm³/mol. The van der Waals surface area contributed by atoms with Crippen LogP contribution in [0, 0.1) is 0 Å². The van der Waals surface area contributed by atoms with E-state index in [1.807, 2.05) is 18.4 Å². The van der Waals surface area contributed by atoms with Crippen LogP contribution in [0.3, 0.4) is 0 Å². The highest BCUT2D eigenvalue weighted by molar-refractivity contribution is 8.00. The Bertz CT molecular complexity index is 452. The largest absolute Gasteiger partial charge is 0.346 e. The highest BCUT2D eigenvalue weighted by atomic mass is 32.2. The first kappa shape index (κ1) is 13.7. The van der Waals surface area contributed by atoms with Crippen LogP contribution in [0.4, 0.5) is 5.13 Å². The molecule has 1 saturated heterocycles. The zero-order valence-corrected chi connectivity index (χ0v) is 13.7. The van der Waals surface area contributed by atoms with E-state index in [9.17, 15) is 0 Å². The molecule has 1 aliphatic heterocycles. The van der Waals surface area contributed by atoms with Crippen molar-refractivity contribution in [3.63, 3.8) is 0 Å². The molecule has 0 unspecified atom stereocenters. The lowest BCUT2D eigenvalue weighted by atomic mass is 10.2. The molecule has 2 fully saturated rings. The molecule has 5 heteroatoms. The van der Waals surface area contributed by atoms with E-state index in [1.165, 1.54) is 34.3 Å². The molecule has 1 saturated carbocycles. The fraction of sp³-hybridized carbons (Fsp3) is 0.786. The second kappa shape index (κ2) is 5.26. The number of hydrogen-bond donors (Lipinski definition) is 1. The van der Waals surface area contributed by atoms with E-state index in [1.54, 1.807) is 0 Å². The summed E-state index contributed by atoms with van der Waals surface area (Å²) in [6, 6.07) is 0. The maximum absolute atomic E-state index is 4.98. The van der Waals surface area contributed by atoms with Crippen LogP contribution < -0.4 is 10.2 Å². The minimum Gasteiger partial charge on any atom is -0.346 e. The molecular formula is C14H23N3S2. The summed E-state index contributed by atoms with van der Waals surface area (Å²) in [5.74, 6) is 1.97. The molecule has 3 nitrogen and oxygen atoms in total. The van der Waals surface area contributed by atoms with Gasteiger partial charge in [0.15, 0.2) is 5.13 Å². The van der Waals surface area contributed by atoms with E-state index in [2.05, 4.69) is 35.8 Å². The Labute approximate surface area is 124 Å². The maximum atomic E-state index is 4.98. The number of hydrogen-bond acceptors (Lipinski definition) is 5. The van der Waals surface area contributed by atoms with Crippen LogP contribution in [0.25, 0.3) is 0 Å². The summed E-state index contributed by atoms with van der Waals surface area (Å²) in [5, 5.41) is 4.54. The predicted octanol–water partition coefficient (Wildman–Crippen LogP) is 3.07. The van der Waals surface area contributed by atoms with Gasteiger partial charge in [-0.05, 0) is 33.7 Å². The monoisotopic (exact) mass is 297 g/mol. The number of aromatic nitrogens is 1. The summed E-state index contributed by atoms with van der Waals surface area (Å²) in [7, 11) is 2.02. The molecule has 1 aromatic rings. The Morgan fingerprint density at radius 3 is 2.84 bits per heavy atom. The van der Waals surface area contributed by atoms with Crippen molar-refractivity contribution in [2.24, 2.45) is 0 Å². The Morgan fingerprint density at radius 2 is 2.21 bits per heavy atom. The van der Waals surface area contributed by atoms with Gasteiger partial charge in [-0.2, -0.15) is 11.8 Å². The van der Waals surface area contributed by atoms with Crippen LogP contribution in [-0.2, 0) is 6.54 Å². The lowest BCUT2D eigenvalue weighted by Gasteiger charge is -2.37. The normalized spacial score (nSPS) is 22.8. The van der Waals surface area contributed by atoms with Crippen LogP contribution in [-0.4, -0.2) is 35.6 Å². The number of nitrogens with one attached hydrogen (secondary N) is 1. The first-order valence-corrected chi connectivity index (χ1v) is 8.92. The lowest BCUT2D eigenvalue weighted by molar-refractivity contribution is 0.645. The van der Waals surface area contributed by atoms with E-state index >= 15 is 0 Å². The van der Waals surface area contributed by atoms with Crippen LogP contribution in [0.2, 0.25) is 0 Å². The minimum absolute atomic E-state index is 0.354. The fourth-order valence-corrected chi connectivity index (χ4v) is 4.92. The Hall–Kier alpha value is -0.260. The van der Waals surface area contributed by atoms with Crippen LogP contribution in [0.5, 0.6) is 0 Å². The number of thioether (sulfide) groups is 1. The molecule has 1 N–H and O–H groups in total. The maximum Gasteiger partial charge on any atom is 0.185 e. The van der Waals surface area contributed by atoms with Gasteiger partial charge in [0.25, 0.3) is 0 Å². The van der Waals surface area contributed by atoms with Gasteiger partial charge in [0.2, 0.25) is 0 Å². The van der Waals surface area contributed by atoms with Crippen molar-refractivity contribution in [2.45, 2.75) is 43.9 Å². The molecule has 0 atom stereocenters. The van der Waals surface area contributed by atoms with Gasteiger partial charge in [0.1, 0.15) is 0 Å². The number of nitrogens with zero attached hydrogens (tertiary/aromatic N) is 2. The van der Waals surface area contributed by atoms with Gasteiger partial charge in [-0.15, -0.1) is 11.3 Å². The molecule has 0 spiro atoms. The topological polar surface area (TPSA) is 28.2 Å². The Balaban J connectivity index is 1.82.